The van der Waals surface area contributed by atoms with Crippen molar-refractivity contribution in [1.29, 1.82) is 0 Å². The molecular formula is C12H10N4O5. The average molecular weight is 290 g/mol. The van der Waals surface area contributed by atoms with E-state index < -0.39 is 11.9 Å². The van der Waals surface area contributed by atoms with Crippen LogP contribution in [0.3, 0.4) is 0 Å². The Balaban J connectivity index is 2.05. The van der Waals surface area contributed by atoms with Crippen molar-refractivity contribution in [2.24, 2.45) is 0 Å². The van der Waals surface area contributed by atoms with Gasteiger partial charge in [0, 0.05) is 0 Å². The molecule has 0 saturated carbocycles. The largest absolute Gasteiger partial charge is 0.489 e. The van der Waals surface area contributed by atoms with Crippen molar-refractivity contribution >= 4 is 23.4 Å². The molecule has 108 valence electrons. The maximum atomic E-state index is 12.4. The van der Waals surface area contributed by atoms with E-state index in [9.17, 15) is 9.59 Å². The number of para-hydroxylation sites is 1. The molecule has 0 fully saturated rings. The summed E-state index contributed by atoms with van der Waals surface area (Å²) < 4.78 is 9.79. The van der Waals surface area contributed by atoms with Crippen LogP contribution in [0.1, 0.15) is 20.8 Å². The molecule has 1 aromatic heterocycles. The molecule has 9 nitrogen and oxygen atoms in total. The van der Waals surface area contributed by atoms with E-state index in [1.54, 1.807) is 6.07 Å². The van der Waals surface area contributed by atoms with Crippen LogP contribution in [-0.4, -0.2) is 40.4 Å². The minimum Gasteiger partial charge on any atom is -0.489 e. The van der Waals surface area contributed by atoms with Crippen molar-refractivity contribution in [3.63, 3.8) is 0 Å². The highest BCUT2D eigenvalue weighted by molar-refractivity contribution is 6.09. The van der Waals surface area contributed by atoms with E-state index in [0.717, 1.165) is 0 Å². The van der Waals surface area contributed by atoms with Gasteiger partial charge in [0.15, 0.2) is 5.75 Å². The second kappa shape index (κ2) is 4.78. The molecule has 1 aliphatic rings. The zero-order valence-corrected chi connectivity index (χ0v) is 10.6. The molecule has 3 N–H and O–H groups in total. The highest BCUT2D eigenvalue weighted by Gasteiger charge is 2.31. The summed E-state index contributed by atoms with van der Waals surface area (Å²) in [6, 6.07) is 4.52. The number of anilines is 2. The normalized spacial score (nSPS) is 13.4. The van der Waals surface area contributed by atoms with Crippen LogP contribution in [0.4, 0.5) is 11.5 Å². The summed E-state index contributed by atoms with van der Waals surface area (Å²) in [7, 11) is 0. The molecule has 3 rings (SSSR count). The highest BCUT2D eigenvalue weighted by atomic mass is 16.6. The van der Waals surface area contributed by atoms with Gasteiger partial charge in [0.25, 0.3) is 5.91 Å². The number of carboxylic acids is 1. The summed E-state index contributed by atoms with van der Waals surface area (Å²) >= 11 is 0. The van der Waals surface area contributed by atoms with Crippen LogP contribution >= 0.6 is 0 Å². The molecule has 0 aliphatic carbocycles. The van der Waals surface area contributed by atoms with E-state index in [-0.39, 0.29) is 36.0 Å². The average Bonchev–Trinajstić information content (AvgIpc) is 2.91. The summed E-state index contributed by atoms with van der Waals surface area (Å²) in [4.78, 5) is 24.9. The number of fused-ring (bicyclic) bond motifs is 1. The number of hydrogen-bond donors (Lipinski definition) is 2. The summed E-state index contributed by atoms with van der Waals surface area (Å²) in [6.07, 6.45) is 0. The number of nitrogen functional groups attached to an aromatic ring is 1. The van der Waals surface area contributed by atoms with Gasteiger partial charge in [0.05, 0.1) is 12.2 Å². The van der Waals surface area contributed by atoms with Crippen LogP contribution < -0.4 is 15.4 Å². The van der Waals surface area contributed by atoms with Crippen molar-refractivity contribution in [2.45, 2.75) is 0 Å². The van der Waals surface area contributed by atoms with E-state index in [1.807, 2.05) is 0 Å². The minimum absolute atomic E-state index is 0.0174. The summed E-state index contributed by atoms with van der Waals surface area (Å²) in [6.45, 7) is 0.398. The van der Waals surface area contributed by atoms with Crippen molar-refractivity contribution in [3.05, 3.63) is 29.5 Å². The Bertz CT molecular complexity index is 726. The topological polar surface area (TPSA) is 132 Å². The fourth-order valence-corrected chi connectivity index (χ4v) is 2.10. The molecule has 2 heterocycles. The Hall–Kier alpha value is -3.10. The molecule has 0 unspecified atom stereocenters. The van der Waals surface area contributed by atoms with Crippen LogP contribution in [-0.2, 0) is 0 Å². The Kier molecular flexibility index (Phi) is 2.94. The number of aromatic nitrogens is 2. The number of carboxylic acid groups (broad SMARTS) is 1. The quantitative estimate of drug-likeness (QED) is 0.811. The number of ether oxygens (including phenoxy) is 1. The van der Waals surface area contributed by atoms with E-state index in [2.05, 4.69) is 14.9 Å². The molecule has 9 heteroatoms. The van der Waals surface area contributed by atoms with Gasteiger partial charge in [-0.1, -0.05) is 6.07 Å². The molecule has 0 spiro atoms. The first-order valence-electron chi connectivity index (χ1n) is 5.98. The molecular weight excluding hydrogens is 280 g/mol. The van der Waals surface area contributed by atoms with Gasteiger partial charge < -0.3 is 15.6 Å². The standard InChI is InChI=1S/C12H10N4O5/c13-10-8(14-21-15-10)11(17)16-4-5-20-9-6(12(18)19)2-1-3-7(9)16/h1-3H,4-5H2,(H2,13,15)(H,18,19). The van der Waals surface area contributed by atoms with Gasteiger partial charge in [-0.3, -0.25) is 9.69 Å². The fourth-order valence-electron chi connectivity index (χ4n) is 2.10. The van der Waals surface area contributed by atoms with E-state index in [0.29, 0.717) is 5.69 Å². The zero-order valence-electron chi connectivity index (χ0n) is 10.6. The second-order valence-corrected chi connectivity index (χ2v) is 4.26. The van der Waals surface area contributed by atoms with Crippen molar-refractivity contribution in [1.82, 2.24) is 10.3 Å². The van der Waals surface area contributed by atoms with E-state index >= 15 is 0 Å². The molecule has 0 atom stereocenters. The SMILES string of the molecule is Nc1nonc1C(=O)N1CCOc2c(C(=O)O)cccc21. The van der Waals surface area contributed by atoms with Crippen molar-refractivity contribution < 1.29 is 24.1 Å². The molecule has 0 bridgehead atoms. The summed E-state index contributed by atoms with van der Waals surface area (Å²) in [5.41, 5.74) is 5.71. The van der Waals surface area contributed by atoms with Gasteiger partial charge >= 0.3 is 5.97 Å². The lowest BCUT2D eigenvalue weighted by atomic mass is 10.1. The lowest BCUT2D eigenvalue weighted by molar-refractivity contribution is 0.0690. The number of benzene rings is 1. The van der Waals surface area contributed by atoms with Gasteiger partial charge in [-0.2, -0.15) is 0 Å². The third kappa shape index (κ3) is 2.04. The van der Waals surface area contributed by atoms with Gasteiger partial charge in [0.1, 0.15) is 12.2 Å². The molecule has 0 radical (unpaired) electrons. The molecule has 21 heavy (non-hydrogen) atoms. The minimum atomic E-state index is -1.14. The number of hydrogen-bond acceptors (Lipinski definition) is 7. The zero-order chi connectivity index (χ0) is 15.0. The lowest BCUT2D eigenvalue weighted by Gasteiger charge is -2.29. The van der Waals surface area contributed by atoms with Crippen molar-refractivity contribution in [3.8, 4) is 5.75 Å². The predicted molar refractivity (Wildman–Crippen MR) is 69.3 cm³/mol. The number of aromatic carboxylic acids is 1. The Morgan fingerprint density at radius 1 is 1.33 bits per heavy atom. The van der Waals surface area contributed by atoms with Crippen LogP contribution in [0.2, 0.25) is 0 Å². The number of rotatable bonds is 2. The van der Waals surface area contributed by atoms with E-state index in [4.69, 9.17) is 15.6 Å². The number of nitrogens with zero attached hydrogens (tertiary/aromatic N) is 3. The van der Waals surface area contributed by atoms with Gasteiger partial charge in [-0.15, -0.1) is 0 Å². The third-order valence-electron chi connectivity index (χ3n) is 3.04. The summed E-state index contributed by atoms with van der Waals surface area (Å²) in [5.74, 6) is -1.65. The first kappa shape index (κ1) is 12.9. The molecule has 1 amide bonds. The maximum Gasteiger partial charge on any atom is 0.339 e. The third-order valence-corrected chi connectivity index (χ3v) is 3.04. The number of carbonyl (C=O) groups is 2. The monoisotopic (exact) mass is 290 g/mol. The van der Waals surface area contributed by atoms with Crippen LogP contribution in [0, 0.1) is 0 Å². The van der Waals surface area contributed by atoms with Crippen LogP contribution in [0.25, 0.3) is 0 Å². The van der Waals surface area contributed by atoms with Gasteiger partial charge in [0.2, 0.25) is 11.5 Å². The molecule has 1 aliphatic heterocycles. The van der Waals surface area contributed by atoms with Gasteiger partial charge in [-0.05, 0) is 22.4 Å². The lowest BCUT2D eigenvalue weighted by Crippen LogP contribution is -2.38. The highest BCUT2D eigenvalue weighted by Crippen LogP contribution is 2.35. The number of nitrogens with two attached hydrogens (primary N) is 1. The smallest absolute Gasteiger partial charge is 0.339 e. The second-order valence-electron chi connectivity index (χ2n) is 4.26. The van der Waals surface area contributed by atoms with Crippen LogP contribution in [0.15, 0.2) is 22.8 Å². The first-order chi connectivity index (χ1) is 10.1. The first-order valence-corrected chi connectivity index (χ1v) is 5.98. The molecule has 0 saturated heterocycles. The maximum absolute atomic E-state index is 12.4. The number of amides is 1. The Labute approximate surface area is 117 Å². The summed E-state index contributed by atoms with van der Waals surface area (Å²) in [5, 5.41) is 16.0. The fraction of sp³-hybridized carbons (Fsp3) is 0.167. The molecule has 2 aromatic rings. The van der Waals surface area contributed by atoms with Crippen molar-refractivity contribution in [2.75, 3.05) is 23.8 Å². The Morgan fingerprint density at radius 2 is 2.14 bits per heavy atom. The molecule has 1 aromatic carbocycles. The van der Waals surface area contributed by atoms with Gasteiger partial charge in [-0.25, -0.2) is 9.42 Å². The Morgan fingerprint density at radius 3 is 2.81 bits per heavy atom. The predicted octanol–water partition coefficient (Wildman–Crippen LogP) is 0.389. The number of carbonyl (C=O) groups excluding carboxylic acids is 1. The van der Waals surface area contributed by atoms with Crippen LogP contribution in [0.5, 0.6) is 5.75 Å². The van der Waals surface area contributed by atoms with E-state index in [1.165, 1.54) is 17.0 Å².